The Bertz CT molecular complexity index is 679. The van der Waals surface area contributed by atoms with Crippen LogP contribution in [0.15, 0.2) is 43.0 Å². The molecule has 1 fully saturated rings. The predicted molar refractivity (Wildman–Crippen MR) is 106 cm³/mol. The van der Waals surface area contributed by atoms with Gasteiger partial charge < -0.3 is 19.5 Å². The van der Waals surface area contributed by atoms with Crippen LogP contribution in [0.1, 0.15) is 44.1 Å². The van der Waals surface area contributed by atoms with E-state index >= 15 is 0 Å². The monoisotopic (exact) mass is 370 g/mol. The maximum Gasteiger partial charge on any atom is 0.317 e. The highest BCUT2D eigenvalue weighted by molar-refractivity contribution is 5.74. The van der Waals surface area contributed by atoms with Crippen molar-refractivity contribution in [1.29, 1.82) is 0 Å². The van der Waals surface area contributed by atoms with Gasteiger partial charge in [0.2, 0.25) is 0 Å². The van der Waals surface area contributed by atoms with Gasteiger partial charge in [-0.15, -0.1) is 0 Å². The molecule has 2 amide bonds. The van der Waals surface area contributed by atoms with Crippen LogP contribution in [0.5, 0.6) is 5.75 Å². The second-order valence-electron chi connectivity index (χ2n) is 7.21. The number of methoxy groups -OCH3 is 1. The number of aromatic nitrogens is 2. The van der Waals surface area contributed by atoms with Crippen molar-refractivity contribution in [3.63, 3.8) is 0 Å². The Hall–Kier alpha value is -2.50. The highest BCUT2D eigenvalue weighted by Gasteiger charge is 2.20. The predicted octanol–water partition coefficient (Wildman–Crippen LogP) is 3.83. The molecule has 0 spiro atoms. The zero-order valence-electron chi connectivity index (χ0n) is 16.1. The largest absolute Gasteiger partial charge is 0.497 e. The average molecular weight is 370 g/mol. The van der Waals surface area contributed by atoms with Crippen LogP contribution in [-0.4, -0.2) is 40.2 Å². The summed E-state index contributed by atoms with van der Waals surface area (Å²) in [7, 11) is 1.66. The number of carbonyl (C=O) groups excluding carboxylic acids is 1. The number of aryl methyl sites for hydroxylation is 1. The van der Waals surface area contributed by atoms with Crippen molar-refractivity contribution in [3.05, 3.63) is 48.5 Å². The molecule has 1 aliphatic rings. The number of ether oxygens (including phenoxy) is 1. The zero-order valence-corrected chi connectivity index (χ0v) is 16.1. The van der Waals surface area contributed by atoms with Gasteiger partial charge in [0.1, 0.15) is 5.75 Å². The molecular formula is C21H30N4O2. The number of nitrogens with zero attached hydrogens (tertiary/aromatic N) is 3. The molecule has 1 heterocycles. The zero-order chi connectivity index (χ0) is 18.9. The third-order valence-corrected chi connectivity index (χ3v) is 5.16. The summed E-state index contributed by atoms with van der Waals surface area (Å²) in [4.78, 5) is 18.9. The molecule has 1 aromatic heterocycles. The molecule has 6 nitrogen and oxygen atoms in total. The minimum atomic E-state index is 0.0448. The van der Waals surface area contributed by atoms with Crippen molar-refractivity contribution in [2.75, 3.05) is 13.7 Å². The summed E-state index contributed by atoms with van der Waals surface area (Å²) in [6.07, 6.45) is 12.3. The van der Waals surface area contributed by atoms with Crippen molar-refractivity contribution < 1.29 is 9.53 Å². The lowest BCUT2D eigenvalue weighted by molar-refractivity contribution is 0.185. The number of urea groups is 1. The normalized spacial score (nSPS) is 14.7. The Labute approximate surface area is 161 Å². The Balaban J connectivity index is 1.59. The fraction of sp³-hybridized carbons (Fsp3) is 0.524. The lowest BCUT2D eigenvalue weighted by atomic mass is 9.96. The minimum absolute atomic E-state index is 0.0448. The van der Waals surface area contributed by atoms with E-state index < -0.39 is 0 Å². The first-order valence-electron chi connectivity index (χ1n) is 9.89. The SMILES string of the molecule is COc1ccc(CN(CCCn2ccnc2)C(=O)NC2CCCCC2)cc1. The Morgan fingerprint density at radius 2 is 2.04 bits per heavy atom. The van der Waals surface area contributed by atoms with Gasteiger partial charge in [0.25, 0.3) is 0 Å². The topological polar surface area (TPSA) is 59.4 Å². The summed E-state index contributed by atoms with van der Waals surface area (Å²) in [5, 5.41) is 3.25. The van der Waals surface area contributed by atoms with Gasteiger partial charge in [-0.2, -0.15) is 0 Å². The molecule has 1 aliphatic carbocycles. The number of hydrogen-bond acceptors (Lipinski definition) is 3. The molecule has 0 atom stereocenters. The highest BCUT2D eigenvalue weighted by atomic mass is 16.5. The van der Waals surface area contributed by atoms with E-state index in [4.69, 9.17) is 4.74 Å². The molecule has 0 radical (unpaired) electrons. The number of rotatable bonds is 8. The van der Waals surface area contributed by atoms with Crippen molar-refractivity contribution in [3.8, 4) is 5.75 Å². The highest BCUT2D eigenvalue weighted by Crippen LogP contribution is 2.18. The second kappa shape index (κ2) is 10.00. The molecule has 0 unspecified atom stereocenters. The van der Waals surface area contributed by atoms with Crippen molar-refractivity contribution >= 4 is 6.03 Å². The molecule has 0 aliphatic heterocycles. The van der Waals surface area contributed by atoms with Gasteiger partial charge in [0.15, 0.2) is 0 Å². The fourth-order valence-electron chi connectivity index (χ4n) is 3.58. The van der Waals surface area contributed by atoms with E-state index in [-0.39, 0.29) is 6.03 Å². The van der Waals surface area contributed by atoms with E-state index in [9.17, 15) is 4.79 Å². The Kier molecular flexibility index (Phi) is 7.13. The summed E-state index contributed by atoms with van der Waals surface area (Å²) in [5.74, 6) is 0.831. The third kappa shape index (κ3) is 6.01. The molecule has 27 heavy (non-hydrogen) atoms. The number of benzene rings is 1. The number of carbonyl (C=O) groups is 1. The molecule has 6 heteroatoms. The molecular weight excluding hydrogens is 340 g/mol. The van der Waals surface area contributed by atoms with E-state index in [0.29, 0.717) is 19.1 Å². The van der Waals surface area contributed by atoms with E-state index in [1.54, 1.807) is 13.3 Å². The first kappa shape index (κ1) is 19.3. The first-order valence-corrected chi connectivity index (χ1v) is 9.89. The van der Waals surface area contributed by atoms with Gasteiger partial charge in [-0.05, 0) is 37.0 Å². The van der Waals surface area contributed by atoms with E-state index in [1.165, 1.54) is 19.3 Å². The maximum absolute atomic E-state index is 12.9. The molecule has 1 saturated carbocycles. The second-order valence-corrected chi connectivity index (χ2v) is 7.21. The van der Waals surface area contributed by atoms with Crippen LogP contribution in [0.4, 0.5) is 4.79 Å². The van der Waals surface area contributed by atoms with Gasteiger partial charge in [-0.3, -0.25) is 0 Å². The minimum Gasteiger partial charge on any atom is -0.497 e. The van der Waals surface area contributed by atoms with Gasteiger partial charge >= 0.3 is 6.03 Å². The van der Waals surface area contributed by atoms with Crippen LogP contribution in [0.25, 0.3) is 0 Å². The standard InChI is InChI=1S/C21H30N4O2/c1-27-20-10-8-18(9-11-20)16-25(14-5-13-24-15-12-22-17-24)21(26)23-19-6-3-2-4-7-19/h8-12,15,17,19H,2-7,13-14,16H2,1H3,(H,23,26). The maximum atomic E-state index is 12.9. The molecule has 146 valence electrons. The van der Waals surface area contributed by atoms with Crippen molar-refractivity contribution in [1.82, 2.24) is 19.8 Å². The van der Waals surface area contributed by atoms with Crippen molar-refractivity contribution in [2.45, 2.75) is 57.7 Å². The third-order valence-electron chi connectivity index (χ3n) is 5.16. The van der Waals surface area contributed by atoms with Crippen LogP contribution in [0.2, 0.25) is 0 Å². The fourth-order valence-corrected chi connectivity index (χ4v) is 3.58. The van der Waals surface area contributed by atoms with Gasteiger partial charge in [0.05, 0.1) is 13.4 Å². The average Bonchev–Trinajstić information content (AvgIpc) is 3.22. The van der Waals surface area contributed by atoms with Crippen LogP contribution in [0, 0.1) is 0 Å². The Morgan fingerprint density at radius 1 is 1.26 bits per heavy atom. The van der Waals surface area contributed by atoms with E-state index in [2.05, 4.69) is 10.3 Å². The quantitative estimate of drug-likeness (QED) is 0.768. The molecule has 0 bridgehead atoms. The summed E-state index contributed by atoms with van der Waals surface area (Å²) < 4.78 is 7.27. The van der Waals surface area contributed by atoms with Crippen LogP contribution >= 0.6 is 0 Å². The summed E-state index contributed by atoms with van der Waals surface area (Å²) in [6.45, 7) is 2.17. The number of amides is 2. The van der Waals surface area contributed by atoms with E-state index in [1.807, 2.05) is 46.3 Å². The number of imidazole rings is 1. The molecule has 0 saturated heterocycles. The summed E-state index contributed by atoms with van der Waals surface area (Å²) in [5.41, 5.74) is 1.11. The number of nitrogens with one attached hydrogen (secondary N) is 1. The Morgan fingerprint density at radius 3 is 2.70 bits per heavy atom. The van der Waals surface area contributed by atoms with Crippen molar-refractivity contribution in [2.24, 2.45) is 0 Å². The van der Waals surface area contributed by atoms with Gasteiger partial charge in [-0.25, -0.2) is 9.78 Å². The van der Waals surface area contributed by atoms with Gasteiger partial charge in [-0.1, -0.05) is 31.4 Å². The smallest absolute Gasteiger partial charge is 0.317 e. The van der Waals surface area contributed by atoms with Gasteiger partial charge in [0, 0.05) is 38.1 Å². The summed E-state index contributed by atoms with van der Waals surface area (Å²) >= 11 is 0. The molecule has 3 rings (SSSR count). The van der Waals surface area contributed by atoms with Crippen LogP contribution in [-0.2, 0) is 13.1 Å². The summed E-state index contributed by atoms with van der Waals surface area (Å²) in [6, 6.07) is 8.29. The lowest BCUT2D eigenvalue weighted by Crippen LogP contribution is -2.45. The molecule has 2 aromatic rings. The lowest BCUT2D eigenvalue weighted by Gasteiger charge is -2.28. The molecule has 1 N–H and O–H groups in total. The first-order chi connectivity index (χ1) is 13.2. The number of hydrogen-bond donors (Lipinski definition) is 1. The molecule has 1 aromatic carbocycles. The van der Waals surface area contributed by atoms with Crippen LogP contribution in [0.3, 0.4) is 0 Å². The van der Waals surface area contributed by atoms with Crippen LogP contribution < -0.4 is 10.1 Å². The van der Waals surface area contributed by atoms with E-state index in [0.717, 1.165) is 37.1 Å².